The van der Waals surface area contributed by atoms with Gasteiger partial charge in [-0.3, -0.25) is 4.68 Å². The van der Waals surface area contributed by atoms with E-state index >= 15 is 0 Å². The van der Waals surface area contributed by atoms with E-state index in [1.165, 1.54) is 35.3 Å². The van der Waals surface area contributed by atoms with Crippen LogP contribution in [-0.4, -0.2) is 16.3 Å². The Labute approximate surface area is 95.1 Å². The number of rotatable bonds is 1. The summed E-state index contributed by atoms with van der Waals surface area (Å²) in [6.07, 6.45) is 4.24. The van der Waals surface area contributed by atoms with Gasteiger partial charge in [0.2, 0.25) is 0 Å². The number of anilines is 1. The Balaban J connectivity index is 2.06. The Bertz CT molecular complexity index is 514. The lowest BCUT2D eigenvalue weighted by molar-refractivity contribution is 0.775. The van der Waals surface area contributed by atoms with Crippen LogP contribution in [0.5, 0.6) is 0 Å². The summed E-state index contributed by atoms with van der Waals surface area (Å²) in [6.45, 7) is 1.10. The van der Waals surface area contributed by atoms with Crippen LogP contribution in [0.4, 0.5) is 5.69 Å². The molecule has 82 valence electrons. The summed E-state index contributed by atoms with van der Waals surface area (Å²) < 4.78 is 1.91. The molecule has 1 aliphatic rings. The topological polar surface area (TPSA) is 29.9 Å². The molecule has 2 aromatic rings. The summed E-state index contributed by atoms with van der Waals surface area (Å²) in [4.78, 5) is 0. The number of hydrogen-bond donors (Lipinski definition) is 1. The van der Waals surface area contributed by atoms with E-state index in [0.717, 1.165) is 6.54 Å². The molecule has 0 spiro atoms. The lowest BCUT2D eigenvalue weighted by atomic mass is 9.99. The number of benzene rings is 1. The highest BCUT2D eigenvalue weighted by molar-refractivity contribution is 5.66. The molecule has 16 heavy (non-hydrogen) atoms. The fraction of sp³-hybridized carbons (Fsp3) is 0.308. The van der Waals surface area contributed by atoms with Gasteiger partial charge in [0.25, 0.3) is 0 Å². The molecule has 0 saturated heterocycles. The van der Waals surface area contributed by atoms with Gasteiger partial charge >= 0.3 is 0 Å². The average Bonchev–Trinajstić information content (AvgIpc) is 2.75. The molecule has 0 radical (unpaired) electrons. The smallest absolute Gasteiger partial charge is 0.0679 e. The van der Waals surface area contributed by atoms with Gasteiger partial charge in [0.05, 0.1) is 5.69 Å². The molecule has 0 saturated carbocycles. The molecule has 0 fully saturated rings. The van der Waals surface area contributed by atoms with Gasteiger partial charge in [0, 0.05) is 31.0 Å². The van der Waals surface area contributed by atoms with Gasteiger partial charge < -0.3 is 5.32 Å². The van der Waals surface area contributed by atoms with Gasteiger partial charge in [-0.2, -0.15) is 5.10 Å². The first kappa shape index (κ1) is 9.46. The van der Waals surface area contributed by atoms with Gasteiger partial charge in [-0.25, -0.2) is 0 Å². The molecule has 2 heterocycles. The molecule has 0 amide bonds. The van der Waals surface area contributed by atoms with Crippen molar-refractivity contribution in [2.24, 2.45) is 7.05 Å². The predicted octanol–water partition coefficient (Wildman–Crippen LogP) is 2.45. The first-order chi connectivity index (χ1) is 7.84. The molecule has 0 aliphatic carbocycles. The van der Waals surface area contributed by atoms with E-state index in [9.17, 15) is 0 Å². The lowest BCUT2D eigenvalue weighted by Crippen LogP contribution is -2.11. The molecule has 0 atom stereocenters. The van der Waals surface area contributed by atoms with Crippen LogP contribution in [0.1, 0.15) is 12.0 Å². The van der Waals surface area contributed by atoms with Crippen molar-refractivity contribution in [1.82, 2.24) is 9.78 Å². The number of aryl methyl sites for hydroxylation is 2. The van der Waals surface area contributed by atoms with Crippen LogP contribution >= 0.6 is 0 Å². The molecule has 1 aromatic carbocycles. The van der Waals surface area contributed by atoms with Crippen molar-refractivity contribution in [3.05, 3.63) is 36.0 Å². The number of nitrogens with zero attached hydrogens (tertiary/aromatic N) is 2. The van der Waals surface area contributed by atoms with E-state index in [-0.39, 0.29) is 0 Å². The van der Waals surface area contributed by atoms with Gasteiger partial charge in [-0.05, 0) is 36.6 Å². The van der Waals surface area contributed by atoms with Crippen molar-refractivity contribution in [2.75, 3.05) is 11.9 Å². The van der Waals surface area contributed by atoms with Gasteiger partial charge in [0.1, 0.15) is 0 Å². The third-order valence-corrected chi connectivity index (χ3v) is 3.16. The maximum absolute atomic E-state index is 4.21. The van der Waals surface area contributed by atoms with Gasteiger partial charge in [-0.15, -0.1) is 0 Å². The molecular formula is C13H15N3. The van der Waals surface area contributed by atoms with Crippen molar-refractivity contribution < 1.29 is 0 Å². The summed E-state index contributed by atoms with van der Waals surface area (Å²) in [5.41, 5.74) is 5.14. The van der Waals surface area contributed by atoms with E-state index in [0.29, 0.717) is 0 Å². The Kier molecular flexibility index (Phi) is 2.17. The minimum atomic E-state index is 1.10. The fourth-order valence-corrected chi connectivity index (χ4v) is 2.29. The van der Waals surface area contributed by atoms with Crippen LogP contribution in [0.25, 0.3) is 11.3 Å². The summed E-state index contributed by atoms with van der Waals surface area (Å²) >= 11 is 0. The zero-order valence-corrected chi connectivity index (χ0v) is 9.40. The predicted molar refractivity (Wildman–Crippen MR) is 65.5 cm³/mol. The number of hydrogen-bond acceptors (Lipinski definition) is 2. The van der Waals surface area contributed by atoms with Crippen molar-refractivity contribution in [3.63, 3.8) is 0 Å². The van der Waals surface area contributed by atoms with E-state index in [1.54, 1.807) is 0 Å². The molecule has 1 aromatic heterocycles. The van der Waals surface area contributed by atoms with Crippen LogP contribution in [-0.2, 0) is 13.5 Å². The van der Waals surface area contributed by atoms with Crippen LogP contribution in [0.2, 0.25) is 0 Å². The number of fused-ring (bicyclic) bond motifs is 1. The van der Waals surface area contributed by atoms with Crippen LogP contribution in [0, 0.1) is 0 Å². The van der Waals surface area contributed by atoms with E-state index in [1.807, 2.05) is 17.9 Å². The third kappa shape index (κ3) is 1.48. The first-order valence-corrected chi connectivity index (χ1v) is 5.70. The second-order valence-electron chi connectivity index (χ2n) is 4.24. The minimum absolute atomic E-state index is 1.10. The molecule has 1 N–H and O–H groups in total. The number of aromatic nitrogens is 2. The maximum atomic E-state index is 4.21. The SMILES string of the molecule is Cn1nccc1-c1ccc2c(c1)CCCN2. The third-order valence-electron chi connectivity index (χ3n) is 3.16. The first-order valence-electron chi connectivity index (χ1n) is 5.70. The van der Waals surface area contributed by atoms with E-state index < -0.39 is 0 Å². The van der Waals surface area contributed by atoms with Gasteiger partial charge in [0.15, 0.2) is 0 Å². The Morgan fingerprint density at radius 1 is 1.31 bits per heavy atom. The van der Waals surface area contributed by atoms with Crippen molar-refractivity contribution >= 4 is 5.69 Å². The quantitative estimate of drug-likeness (QED) is 0.788. The molecular weight excluding hydrogens is 198 g/mol. The maximum Gasteiger partial charge on any atom is 0.0679 e. The Morgan fingerprint density at radius 2 is 2.25 bits per heavy atom. The Morgan fingerprint density at radius 3 is 3.06 bits per heavy atom. The summed E-state index contributed by atoms with van der Waals surface area (Å²) in [5.74, 6) is 0. The number of nitrogens with one attached hydrogen (secondary N) is 1. The van der Waals surface area contributed by atoms with Crippen LogP contribution in [0.15, 0.2) is 30.5 Å². The van der Waals surface area contributed by atoms with Crippen molar-refractivity contribution in [3.8, 4) is 11.3 Å². The summed E-state index contributed by atoms with van der Waals surface area (Å²) in [6, 6.07) is 8.67. The zero-order valence-electron chi connectivity index (χ0n) is 9.40. The largest absolute Gasteiger partial charge is 0.385 e. The van der Waals surface area contributed by atoms with Crippen LogP contribution in [0.3, 0.4) is 0 Å². The summed E-state index contributed by atoms with van der Waals surface area (Å²) in [7, 11) is 1.98. The van der Waals surface area contributed by atoms with E-state index in [4.69, 9.17) is 0 Å². The minimum Gasteiger partial charge on any atom is -0.385 e. The van der Waals surface area contributed by atoms with E-state index in [2.05, 4.69) is 34.7 Å². The molecule has 1 aliphatic heterocycles. The lowest BCUT2D eigenvalue weighted by Gasteiger charge is -2.18. The Hall–Kier alpha value is -1.77. The molecule has 0 bridgehead atoms. The molecule has 3 heteroatoms. The summed E-state index contributed by atoms with van der Waals surface area (Å²) in [5, 5.41) is 7.63. The van der Waals surface area contributed by atoms with Crippen LogP contribution < -0.4 is 5.32 Å². The molecule has 0 unspecified atom stereocenters. The monoisotopic (exact) mass is 213 g/mol. The van der Waals surface area contributed by atoms with Crippen molar-refractivity contribution in [1.29, 1.82) is 0 Å². The average molecular weight is 213 g/mol. The molecule has 3 nitrogen and oxygen atoms in total. The standard InChI is InChI=1S/C13H15N3/c1-16-13(6-8-15-16)11-4-5-12-10(9-11)3-2-7-14-12/h4-6,8-9,14H,2-3,7H2,1H3. The molecule has 3 rings (SSSR count). The van der Waals surface area contributed by atoms with Crippen molar-refractivity contribution in [2.45, 2.75) is 12.8 Å². The highest BCUT2D eigenvalue weighted by Crippen LogP contribution is 2.27. The zero-order chi connectivity index (χ0) is 11.0. The fourth-order valence-electron chi connectivity index (χ4n) is 2.29. The highest BCUT2D eigenvalue weighted by atomic mass is 15.3. The highest BCUT2D eigenvalue weighted by Gasteiger charge is 2.10. The normalized spacial score (nSPS) is 14.3. The second kappa shape index (κ2) is 3.67. The van der Waals surface area contributed by atoms with Gasteiger partial charge in [-0.1, -0.05) is 6.07 Å². The second-order valence-corrected chi connectivity index (χ2v) is 4.24.